The molecule has 0 unspecified atom stereocenters. The molecule has 1 fully saturated rings. The number of amides is 2. The number of fused-ring (bicyclic) bond motifs is 1. The average molecular weight is 321 g/mol. The van der Waals surface area contributed by atoms with Crippen molar-refractivity contribution >= 4 is 17.4 Å². The third kappa shape index (κ3) is 2.82. The molecule has 0 bridgehead atoms. The standard InChI is InChI=1S/C18H19N5O/c24-18(19-15-8-2-1-3-9-15)22-11-6-7-14(13-22)17-21-20-16-10-4-5-12-23(16)17/h1-5,8-10,12,14H,6-7,11,13H2,(H,19,24)/t14-/m0/s1. The summed E-state index contributed by atoms with van der Waals surface area (Å²) in [6.45, 7) is 1.43. The second-order valence-corrected chi connectivity index (χ2v) is 6.07. The Morgan fingerprint density at radius 1 is 1.08 bits per heavy atom. The van der Waals surface area contributed by atoms with Crippen molar-refractivity contribution in [2.24, 2.45) is 0 Å². The Morgan fingerprint density at radius 3 is 2.79 bits per heavy atom. The van der Waals surface area contributed by atoms with E-state index in [0.717, 1.165) is 36.5 Å². The maximum atomic E-state index is 12.5. The molecule has 1 N–H and O–H groups in total. The van der Waals surface area contributed by atoms with Crippen LogP contribution in [0.25, 0.3) is 5.65 Å². The molecule has 1 atom stereocenters. The number of piperidine rings is 1. The number of aromatic nitrogens is 3. The number of rotatable bonds is 2. The van der Waals surface area contributed by atoms with Gasteiger partial charge in [-0.1, -0.05) is 24.3 Å². The Labute approximate surface area is 140 Å². The lowest BCUT2D eigenvalue weighted by atomic mass is 9.97. The number of pyridine rings is 1. The molecule has 0 radical (unpaired) electrons. The highest BCUT2D eigenvalue weighted by molar-refractivity contribution is 5.89. The fraction of sp³-hybridized carbons (Fsp3) is 0.278. The van der Waals surface area contributed by atoms with Gasteiger partial charge in [0.05, 0.1) is 0 Å². The van der Waals surface area contributed by atoms with Gasteiger partial charge in [-0.25, -0.2) is 4.79 Å². The molecule has 6 nitrogen and oxygen atoms in total. The number of hydrogen-bond donors (Lipinski definition) is 1. The number of nitrogens with zero attached hydrogens (tertiary/aromatic N) is 4. The molecule has 2 amide bonds. The van der Waals surface area contributed by atoms with Crippen molar-refractivity contribution in [1.82, 2.24) is 19.5 Å². The van der Waals surface area contributed by atoms with Gasteiger partial charge in [0.2, 0.25) is 0 Å². The molecule has 0 aliphatic carbocycles. The first-order chi connectivity index (χ1) is 11.8. The first-order valence-corrected chi connectivity index (χ1v) is 8.22. The van der Waals surface area contributed by atoms with Gasteiger partial charge in [0.1, 0.15) is 5.82 Å². The minimum atomic E-state index is -0.0558. The Balaban J connectivity index is 1.50. The third-order valence-corrected chi connectivity index (χ3v) is 4.44. The molecule has 122 valence electrons. The van der Waals surface area contributed by atoms with Crippen LogP contribution in [0.1, 0.15) is 24.6 Å². The van der Waals surface area contributed by atoms with Gasteiger partial charge in [0.15, 0.2) is 5.65 Å². The van der Waals surface area contributed by atoms with Crippen LogP contribution in [0.5, 0.6) is 0 Å². The number of carbonyl (C=O) groups excluding carboxylic acids is 1. The van der Waals surface area contributed by atoms with Crippen molar-refractivity contribution in [2.45, 2.75) is 18.8 Å². The summed E-state index contributed by atoms with van der Waals surface area (Å²) in [7, 11) is 0. The van der Waals surface area contributed by atoms with Crippen molar-refractivity contribution in [2.75, 3.05) is 18.4 Å². The maximum Gasteiger partial charge on any atom is 0.321 e. The molecule has 4 rings (SSSR count). The third-order valence-electron chi connectivity index (χ3n) is 4.44. The summed E-state index contributed by atoms with van der Waals surface area (Å²) in [6.07, 6.45) is 3.97. The van der Waals surface area contributed by atoms with Crippen LogP contribution >= 0.6 is 0 Å². The largest absolute Gasteiger partial charge is 0.324 e. The highest BCUT2D eigenvalue weighted by atomic mass is 16.2. The maximum absolute atomic E-state index is 12.5. The second kappa shape index (κ2) is 6.31. The monoisotopic (exact) mass is 321 g/mol. The van der Waals surface area contributed by atoms with Gasteiger partial charge in [-0.05, 0) is 37.1 Å². The van der Waals surface area contributed by atoms with Gasteiger partial charge in [0, 0.05) is 30.9 Å². The van der Waals surface area contributed by atoms with Gasteiger partial charge in [0.25, 0.3) is 0 Å². The van der Waals surface area contributed by atoms with E-state index in [1.165, 1.54) is 0 Å². The zero-order chi connectivity index (χ0) is 16.4. The van der Waals surface area contributed by atoms with Crippen molar-refractivity contribution in [3.05, 3.63) is 60.6 Å². The first-order valence-electron chi connectivity index (χ1n) is 8.22. The molecule has 0 saturated carbocycles. The number of nitrogens with one attached hydrogen (secondary N) is 1. The molecule has 3 aromatic rings. The Kier molecular flexibility index (Phi) is 3.86. The summed E-state index contributed by atoms with van der Waals surface area (Å²) in [4.78, 5) is 14.4. The highest BCUT2D eigenvalue weighted by Crippen LogP contribution is 2.26. The molecule has 1 aliphatic rings. The van der Waals surface area contributed by atoms with E-state index in [2.05, 4.69) is 15.5 Å². The van der Waals surface area contributed by atoms with Crippen LogP contribution in [0, 0.1) is 0 Å². The predicted molar refractivity (Wildman–Crippen MR) is 92.0 cm³/mol. The predicted octanol–water partition coefficient (Wildman–Crippen LogP) is 3.14. The topological polar surface area (TPSA) is 62.5 Å². The molecular weight excluding hydrogens is 302 g/mol. The number of anilines is 1. The minimum Gasteiger partial charge on any atom is -0.324 e. The molecule has 1 aromatic carbocycles. The zero-order valence-corrected chi connectivity index (χ0v) is 13.3. The summed E-state index contributed by atoms with van der Waals surface area (Å²) in [5.74, 6) is 1.14. The summed E-state index contributed by atoms with van der Waals surface area (Å²) in [5, 5.41) is 11.5. The number of para-hydroxylation sites is 1. The SMILES string of the molecule is O=C(Nc1ccccc1)N1CCC[C@H](c2nnc3ccccn23)C1. The highest BCUT2D eigenvalue weighted by Gasteiger charge is 2.27. The molecule has 24 heavy (non-hydrogen) atoms. The van der Waals surface area contributed by atoms with Crippen molar-refractivity contribution in [3.63, 3.8) is 0 Å². The zero-order valence-electron chi connectivity index (χ0n) is 13.3. The van der Waals surface area contributed by atoms with E-state index >= 15 is 0 Å². The normalized spacial score (nSPS) is 17.8. The fourth-order valence-corrected chi connectivity index (χ4v) is 3.23. The van der Waals surface area contributed by atoms with Gasteiger partial charge < -0.3 is 10.2 Å². The lowest BCUT2D eigenvalue weighted by molar-refractivity contribution is 0.191. The number of hydrogen-bond acceptors (Lipinski definition) is 3. The smallest absolute Gasteiger partial charge is 0.321 e. The van der Waals surface area contributed by atoms with E-state index in [1.807, 2.05) is 64.0 Å². The van der Waals surface area contributed by atoms with Crippen LogP contribution in [0.2, 0.25) is 0 Å². The van der Waals surface area contributed by atoms with Crippen LogP contribution < -0.4 is 5.32 Å². The Bertz CT molecular complexity index is 845. The Hall–Kier alpha value is -2.89. The van der Waals surface area contributed by atoms with Gasteiger partial charge in [-0.3, -0.25) is 4.40 Å². The summed E-state index contributed by atoms with van der Waals surface area (Å²) < 4.78 is 2.02. The quantitative estimate of drug-likeness (QED) is 0.789. The molecule has 1 aliphatic heterocycles. The molecule has 2 aromatic heterocycles. The van der Waals surface area contributed by atoms with Gasteiger partial charge >= 0.3 is 6.03 Å². The van der Waals surface area contributed by atoms with E-state index in [0.29, 0.717) is 6.54 Å². The average Bonchev–Trinajstić information content (AvgIpc) is 3.07. The first kappa shape index (κ1) is 14.7. The fourth-order valence-electron chi connectivity index (χ4n) is 3.23. The number of likely N-dealkylation sites (tertiary alicyclic amines) is 1. The minimum absolute atomic E-state index is 0.0558. The molecular formula is C18H19N5O. The summed E-state index contributed by atoms with van der Waals surface area (Å²) in [6, 6.07) is 15.4. The molecule has 1 saturated heterocycles. The van der Waals surface area contributed by atoms with Gasteiger partial charge in [-0.2, -0.15) is 0 Å². The van der Waals surface area contributed by atoms with E-state index < -0.39 is 0 Å². The Morgan fingerprint density at radius 2 is 1.92 bits per heavy atom. The number of carbonyl (C=O) groups is 1. The number of benzene rings is 1. The second-order valence-electron chi connectivity index (χ2n) is 6.07. The lowest BCUT2D eigenvalue weighted by Gasteiger charge is -2.32. The van der Waals surface area contributed by atoms with Crippen molar-refractivity contribution in [3.8, 4) is 0 Å². The summed E-state index contributed by atoms with van der Waals surface area (Å²) in [5.41, 5.74) is 1.66. The van der Waals surface area contributed by atoms with Crippen LogP contribution in [0.4, 0.5) is 10.5 Å². The van der Waals surface area contributed by atoms with Crippen molar-refractivity contribution < 1.29 is 4.79 Å². The van der Waals surface area contributed by atoms with E-state index in [-0.39, 0.29) is 11.9 Å². The molecule has 6 heteroatoms. The van der Waals surface area contributed by atoms with E-state index in [1.54, 1.807) is 0 Å². The lowest BCUT2D eigenvalue weighted by Crippen LogP contribution is -2.42. The van der Waals surface area contributed by atoms with Crippen LogP contribution in [-0.4, -0.2) is 38.6 Å². The molecule has 3 heterocycles. The van der Waals surface area contributed by atoms with Gasteiger partial charge in [-0.15, -0.1) is 10.2 Å². The van der Waals surface area contributed by atoms with Crippen LogP contribution in [-0.2, 0) is 0 Å². The van der Waals surface area contributed by atoms with Crippen LogP contribution in [0.3, 0.4) is 0 Å². The van der Waals surface area contributed by atoms with E-state index in [9.17, 15) is 4.79 Å². The molecule has 0 spiro atoms. The summed E-state index contributed by atoms with van der Waals surface area (Å²) >= 11 is 0. The van der Waals surface area contributed by atoms with Crippen molar-refractivity contribution in [1.29, 1.82) is 0 Å². The van der Waals surface area contributed by atoms with Crippen LogP contribution in [0.15, 0.2) is 54.7 Å². The number of urea groups is 1. The van der Waals surface area contributed by atoms with E-state index in [4.69, 9.17) is 0 Å².